The van der Waals surface area contributed by atoms with E-state index in [1.165, 1.54) is 25.3 Å². The minimum absolute atomic E-state index is 0.00920. The van der Waals surface area contributed by atoms with Gasteiger partial charge in [-0.05, 0) is 120 Å². The minimum Gasteiger partial charge on any atom is -0.387 e. The van der Waals surface area contributed by atoms with Gasteiger partial charge < -0.3 is 75.4 Å². The second-order valence-corrected chi connectivity index (χ2v) is 25.0. The van der Waals surface area contributed by atoms with Crippen molar-refractivity contribution in [2.75, 3.05) is 40.1 Å². The number of methoxy groups -OCH3 is 1. The number of carbonyl (C=O) groups excluding carboxylic acids is 5. The summed E-state index contributed by atoms with van der Waals surface area (Å²) in [6, 6.07) is 15.6. The Balaban J connectivity index is 1.28. The molecule has 17 atom stereocenters. The maximum absolute atomic E-state index is 14.9. The number of nitrogens with zero attached hydrogens (tertiary/aromatic N) is 2. The number of rotatable bonds is 16. The molecule has 8 N–H and O–H groups in total. The number of halogens is 2. The summed E-state index contributed by atoms with van der Waals surface area (Å²) in [6.07, 6.45) is -7.04. The molecule has 0 spiro atoms. The standard InChI is InChI=1S/C62H91ClFN7O13/c1-34(2)51-58(77)67-45(27-40-21-23-44(24-22-40)66-57(76)47(28-42-18-14-15-20-46(42)63)68-60(78)65-32-41-17-16-19-43(64)26-41)29-49(72)71(12)33-35(3)30-61(8,79)55(84-59-52(73)48(70(10)11)25-36(4)81-59)37(5)53(38(6)56(75)69-51)83-50-31-62(9,80-13)54(74)39(7)82-50/h14-24,26,34-39,45,47-48,50-55,59,73-74,79H,25,27-33H2,1-13H3,(H,66,76)(H,67,77)(H,69,75)(H2,65,68,78)/t35-,36-,37+,38-,39+,45-,47+,48+,50+,51+,52-,53+,54+,55-,59+,61-,62-/m1/s1. The Hall–Kier alpha value is -5.33. The van der Waals surface area contributed by atoms with Gasteiger partial charge in [-0.2, -0.15) is 0 Å². The van der Waals surface area contributed by atoms with E-state index in [9.17, 15) is 43.7 Å². The number of carbonyl (C=O) groups is 5. The zero-order valence-electron chi connectivity index (χ0n) is 50.9. The molecule has 84 heavy (non-hydrogen) atoms. The molecular formula is C62H91ClFN7O13. The Morgan fingerprint density at radius 2 is 1.61 bits per heavy atom. The third-order valence-electron chi connectivity index (χ3n) is 16.7. The third kappa shape index (κ3) is 18.1. The summed E-state index contributed by atoms with van der Waals surface area (Å²) in [7, 11) is 6.86. The van der Waals surface area contributed by atoms with Crippen LogP contribution < -0.4 is 26.6 Å². The van der Waals surface area contributed by atoms with Gasteiger partial charge in [0.2, 0.25) is 23.6 Å². The monoisotopic (exact) mass is 1200 g/mol. The van der Waals surface area contributed by atoms with E-state index in [-0.39, 0.29) is 69.2 Å². The maximum Gasteiger partial charge on any atom is 0.315 e. The summed E-state index contributed by atoms with van der Waals surface area (Å²) < 4.78 is 45.9. The number of benzene rings is 3. The smallest absolute Gasteiger partial charge is 0.315 e. The Labute approximate surface area is 499 Å². The third-order valence-corrected chi connectivity index (χ3v) is 17.1. The largest absolute Gasteiger partial charge is 0.387 e. The molecule has 3 aliphatic rings. The van der Waals surface area contributed by atoms with Crippen LogP contribution in [-0.4, -0.2) is 174 Å². The highest BCUT2D eigenvalue weighted by atomic mass is 35.5. The number of ether oxygens (including phenoxy) is 5. The lowest BCUT2D eigenvalue weighted by Crippen LogP contribution is -2.61. The van der Waals surface area contributed by atoms with Crippen molar-refractivity contribution in [1.82, 2.24) is 31.1 Å². The van der Waals surface area contributed by atoms with Gasteiger partial charge in [0.1, 0.15) is 30.1 Å². The van der Waals surface area contributed by atoms with E-state index >= 15 is 0 Å². The Morgan fingerprint density at radius 3 is 2.25 bits per heavy atom. The number of hydrogen-bond acceptors (Lipinski definition) is 14. The second kappa shape index (κ2) is 29.9. The van der Waals surface area contributed by atoms with Gasteiger partial charge in [0.15, 0.2) is 12.6 Å². The number of aliphatic hydroxyl groups excluding tert-OH is 2. The molecule has 3 aromatic carbocycles. The molecule has 6 rings (SSSR count). The van der Waals surface area contributed by atoms with Crippen LogP contribution in [0.4, 0.5) is 14.9 Å². The fourth-order valence-electron chi connectivity index (χ4n) is 11.9. The molecule has 3 aromatic rings. The van der Waals surface area contributed by atoms with Crippen LogP contribution in [0, 0.1) is 29.5 Å². The SMILES string of the molecule is CO[C@]1(C)C[C@H](O[C@H]2[C@H](C)[C@@H](O[C@@H]3O[C@H](C)C[C@H](N(C)C)[C@H]3O)[C@](C)(O)C[C@@H](C)CN(C)C(=O)C[C@@H](Cc3ccc(NC(=O)[C@H](Cc4ccccc4Cl)NC(=O)NCc4cccc(F)c4)cc3)NC(=O)[C@H](C(C)C)NC(=O)[C@@H]2C)O[C@@H](C)[C@@H]1O. The fraction of sp³-hybridized carbons (Fsp3) is 0.629. The highest BCUT2D eigenvalue weighted by molar-refractivity contribution is 6.31. The van der Waals surface area contributed by atoms with E-state index in [4.69, 9.17) is 35.3 Å². The first kappa shape index (κ1) is 67.8. The van der Waals surface area contributed by atoms with Gasteiger partial charge in [0, 0.05) is 75.2 Å². The number of hydrogen-bond donors (Lipinski definition) is 8. The summed E-state index contributed by atoms with van der Waals surface area (Å²) in [5.41, 5.74) is -0.595. The molecule has 466 valence electrons. The molecule has 3 fully saturated rings. The lowest BCUT2D eigenvalue weighted by molar-refractivity contribution is -0.317. The quantitative estimate of drug-likeness (QED) is 0.0856. The lowest BCUT2D eigenvalue weighted by Gasteiger charge is -2.49. The Kier molecular flexibility index (Phi) is 24.1. The van der Waals surface area contributed by atoms with Crippen molar-refractivity contribution in [2.24, 2.45) is 23.7 Å². The maximum atomic E-state index is 14.9. The summed E-state index contributed by atoms with van der Waals surface area (Å²) in [4.78, 5) is 74.6. The van der Waals surface area contributed by atoms with E-state index in [2.05, 4.69) is 26.6 Å². The predicted octanol–water partition coefficient (Wildman–Crippen LogP) is 5.71. The number of anilines is 1. The minimum atomic E-state index is -1.72. The van der Waals surface area contributed by atoms with E-state index in [0.717, 1.165) is 0 Å². The molecule has 0 unspecified atom stereocenters. The van der Waals surface area contributed by atoms with Gasteiger partial charge in [-0.25, -0.2) is 9.18 Å². The van der Waals surface area contributed by atoms with Crippen LogP contribution in [-0.2, 0) is 62.2 Å². The predicted molar refractivity (Wildman–Crippen MR) is 316 cm³/mol. The molecule has 0 aromatic heterocycles. The molecule has 22 heteroatoms. The van der Waals surface area contributed by atoms with Crippen LogP contribution in [0.3, 0.4) is 0 Å². The normalized spacial score (nSPS) is 32.7. The molecule has 3 saturated heterocycles. The first-order valence-electron chi connectivity index (χ1n) is 29.2. The van der Waals surface area contributed by atoms with Gasteiger partial charge in [0.25, 0.3) is 0 Å². The van der Waals surface area contributed by atoms with E-state index in [1.54, 1.807) is 115 Å². The summed E-state index contributed by atoms with van der Waals surface area (Å²) in [5, 5.41) is 50.6. The average Bonchev–Trinajstić information content (AvgIpc) is 3.62. The lowest BCUT2D eigenvalue weighted by atomic mass is 9.77. The molecule has 3 heterocycles. The van der Waals surface area contributed by atoms with Crippen LogP contribution in [0.25, 0.3) is 0 Å². The van der Waals surface area contributed by atoms with Gasteiger partial charge in [0.05, 0.1) is 41.5 Å². The number of likely N-dealkylation sites (N-methyl/N-ethyl adjacent to an activating group) is 1. The van der Waals surface area contributed by atoms with Crippen LogP contribution >= 0.6 is 11.6 Å². The highest BCUT2D eigenvalue weighted by Crippen LogP contribution is 2.39. The molecule has 0 radical (unpaired) electrons. The van der Waals surface area contributed by atoms with Gasteiger partial charge >= 0.3 is 6.03 Å². The number of nitrogens with one attached hydrogen (secondary N) is 5. The van der Waals surface area contributed by atoms with Crippen LogP contribution in [0.1, 0.15) is 105 Å². The second-order valence-electron chi connectivity index (χ2n) is 24.6. The molecule has 0 aliphatic carbocycles. The number of aliphatic hydroxyl groups is 3. The first-order valence-corrected chi connectivity index (χ1v) is 29.5. The molecule has 0 bridgehead atoms. The molecule has 6 amide bonds. The van der Waals surface area contributed by atoms with Crippen molar-refractivity contribution < 1.29 is 67.4 Å². The van der Waals surface area contributed by atoms with Crippen LogP contribution in [0.5, 0.6) is 0 Å². The fourth-order valence-corrected chi connectivity index (χ4v) is 12.1. The average molecular weight is 1200 g/mol. The number of amides is 6. The van der Waals surface area contributed by atoms with Crippen molar-refractivity contribution in [3.05, 3.63) is 100 Å². The first-order chi connectivity index (χ1) is 39.5. The number of urea groups is 1. The van der Waals surface area contributed by atoms with Crippen molar-refractivity contribution in [1.29, 1.82) is 0 Å². The Morgan fingerprint density at radius 1 is 0.917 bits per heavy atom. The van der Waals surface area contributed by atoms with E-state index < -0.39 is 120 Å². The van der Waals surface area contributed by atoms with Crippen molar-refractivity contribution in [3.8, 4) is 0 Å². The van der Waals surface area contributed by atoms with Crippen LogP contribution in [0.2, 0.25) is 5.02 Å². The molecular weight excluding hydrogens is 1110 g/mol. The van der Waals surface area contributed by atoms with Gasteiger partial charge in [-0.15, -0.1) is 0 Å². The summed E-state index contributed by atoms with van der Waals surface area (Å²) in [5.74, 6) is -5.14. The Bertz CT molecular complexity index is 2690. The zero-order chi connectivity index (χ0) is 62.0. The van der Waals surface area contributed by atoms with Crippen LogP contribution in [0.15, 0.2) is 72.8 Å². The van der Waals surface area contributed by atoms with Gasteiger partial charge in [-0.3, -0.25) is 19.2 Å². The molecule has 20 nitrogen and oxygen atoms in total. The van der Waals surface area contributed by atoms with Crippen molar-refractivity contribution in [2.45, 2.75) is 192 Å². The van der Waals surface area contributed by atoms with E-state index in [0.29, 0.717) is 33.8 Å². The highest BCUT2D eigenvalue weighted by Gasteiger charge is 2.51. The zero-order valence-corrected chi connectivity index (χ0v) is 51.7. The van der Waals surface area contributed by atoms with E-state index in [1.807, 2.05) is 32.8 Å². The molecule has 0 saturated carbocycles. The van der Waals surface area contributed by atoms with Crippen molar-refractivity contribution >= 4 is 46.9 Å². The molecule has 3 aliphatic heterocycles. The van der Waals surface area contributed by atoms with Gasteiger partial charge in [-0.1, -0.05) is 88.7 Å². The summed E-state index contributed by atoms with van der Waals surface area (Å²) in [6.45, 7) is 16.1. The topological polar surface area (TPSA) is 259 Å². The van der Waals surface area contributed by atoms with Crippen molar-refractivity contribution in [3.63, 3.8) is 0 Å². The summed E-state index contributed by atoms with van der Waals surface area (Å²) >= 11 is 6.49.